The number of hydrogen-bond donors (Lipinski definition) is 3. The van der Waals surface area contributed by atoms with Gasteiger partial charge in [-0.25, -0.2) is 0 Å². The number of nitrogens with one attached hydrogen (secondary N) is 1. The van der Waals surface area contributed by atoms with Crippen LogP contribution < -0.4 is 5.32 Å². The van der Waals surface area contributed by atoms with E-state index in [4.69, 9.17) is 4.74 Å². The van der Waals surface area contributed by atoms with E-state index in [0.717, 1.165) is 89.9 Å². The van der Waals surface area contributed by atoms with Crippen molar-refractivity contribution >= 4 is 11.9 Å². The minimum Gasteiger partial charge on any atom is -0.462 e. The summed E-state index contributed by atoms with van der Waals surface area (Å²) in [7, 11) is 0. The standard InChI is InChI=1S/C58H107NO5/c1-4-7-10-13-16-19-22-25-27-28-30-33-35-38-41-44-47-50-56(61)55(53-60)59-57(62)52-54(49-46-43-40-37-34-32-29-26-23-20-17-14-11-8-5-2)64-58(63)51-48-45-42-39-36-31-24-21-18-15-12-9-6-3/h9,12,15,18,21,24,26,29,54-56,60-61H,4-8,10-11,13-14,16-17,19-20,22-23,25,27-28,30-53H2,1-3H3,(H,59,62)/b12-9+,18-15+,24-21-,29-26+. The van der Waals surface area contributed by atoms with E-state index in [-0.39, 0.29) is 24.9 Å². The van der Waals surface area contributed by atoms with E-state index in [1.54, 1.807) is 0 Å². The first-order chi connectivity index (χ1) is 31.5. The Morgan fingerprint density at radius 1 is 0.469 bits per heavy atom. The third-order valence-corrected chi connectivity index (χ3v) is 12.7. The lowest BCUT2D eigenvalue weighted by atomic mass is 10.0. The summed E-state index contributed by atoms with van der Waals surface area (Å²) in [5.41, 5.74) is 0. The SMILES string of the molecule is CC/C=C/C=C/C=C\CCCCCCCC(=O)OC(CCCCCCC/C=C/CCCCCCCC)CC(=O)NC(CO)C(O)CCCCCCCCCCCCCCCCCCC. The first kappa shape index (κ1) is 61.8. The fourth-order valence-corrected chi connectivity index (χ4v) is 8.49. The van der Waals surface area contributed by atoms with Crippen molar-refractivity contribution in [3.8, 4) is 0 Å². The first-order valence-electron chi connectivity index (χ1n) is 27.9. The zero-order valence-electron chi connectivity index (χ0n) is 42.7. The fraction of sp³-hybridized carbons (Fsp3) is 0.828. The maximum Gasteiger partial charge on any atom is 0.306 e. The quantitative estimate of drug-likeness (QED) is 0.0245. The minimum atomic E-state index is -0.794. The molecule has 3 N–H and O–H groups in total. The molecule has 0 saturated heterocycles. The third-order valence-electron chi connectivity index (χ3n) is 12.7. The van der Waals surface area contributed by atoms with Gasteiger partial charge in [0.25, 0.3) is 0 Å². The molecular formula is C58H107NO5. The van der Waals surface area contributed by atoms with Gasteiger partial charge < -0.3 is 20.3 Å². The topological polar surface area (TPSA) is 95.9 Å². The lowest BCUT2D eigenvalue weighted by molar-refractivity contribution is -0.151. The third kappa shape index (κ3) is 46.4. The number of esters is 1. The molecule has 0 aromatic rings. The van der Waals surface area contributed by atoms with Crippen molar-refractivity contribution in [1.82, 2.24) is 5.32 Å². The number of aliphatic hydroxyl groups is 2. The number of allylic oxidation sites excluding steroid dienone is 8. The summed E-state index contributed by atoms with van der Waals surface area (Å²) in [5.74, 6) is -0.497. The summed E-state index contributed by atoms with van der Waals surface area (Å²) in [6.45, 7) is 6.37. The molecule has 0 aromatic heterocycles. The van der Waals surface area contributed by atoms with Gasteiger partial charge in [-0.05, 0) is 70.6 Å². The average molecular weight is 898 g/mol. The van der Waals surface area contributed by atoms with Crippen LogP contribution in [-0.4, -0.2) is 46.9 Å². The molecule has 3 atom stereocenters. The Morgan fingerprint density at radius 3 is 1.31 bits per heavy atom. The van der Waals surface area contributed by atoms with Gasteiger partial charge in [-0.3, -0.25) is 9.59 Å². The van der Waals surface area contributed by atoms with E-state index in [1.807, 2.05) is 0 Å². The number of ether oxygens (including phenoxy) is 1. The molecule has 0 aliphatic rings. The average Bonchev–Trinajstić information content (AvgIpc) is 3.29. The Bertz CT molecular complexity index is 1100. The Labute approximate surface area is 397 Å². The van der Waals surface area contributed by atoms with Gasteiger partial charge in [-0.2, -0.15) is 0 Å². The first-order valence-corrected chi connectivity index (χ1v) is 27.9. The molecule has 0 aliphatic heterocycles. The normalized spacial score (nSPS) is 13.5. The van der Waals surface area contributed by atoms with Gasteiger partial charge in [0.1, 0.15) is 6.10 Å². The van der Waals surface area contributed by atoms with Crippen molar-refractivity contribution < 1.29 is 24.5 Å². The molecule has 6 nitrogen and oxygen atoms in total. The second-order valence-electron chi connectivity index (χ2n) is 19.0. The van der Waals surface area contributed by atoms with Gasteiger partial charge in [-0.15, -0.1) is 0 Å². The van der Waals surface area contributed by atoms with Gasteiger partial charge in [0.05, 0.1) is 25.2 Å². The molecular weight excluding hydrogens is 791 g/mol. The van der Waals surface area contributed by atoms with Crippen LogP contribution in [0.3, 0.4) is 0 Å². The zero-order chi connectivity index (χ0) is 46.7. The number of unbranched alkanes of at least 4 members (excludes halogenated alkanes) is 32. The summed E-state index contributed by atoms with van der Waals surface area (Å²) in [6, 6.07) is -0.709. The van der Waals surface area contributed by atoms with Crippen LogP contribution in [0.2, 0.25) is 0 Å². The van der Waals surface area contributed by atoms with Crippen LogP contribution in [0.5, 0.6) is 0 Å². The predicted octanol–water partition coefficient (Wildman–Crippen LogP) is 17.0. The van der Waals surface area contributed by atoms with Crippen LogP contribution in [0.15, 0.2) is 48.6 Å². The largest absolute Gasteiger partial charge is 0.462 e. The summed E-state index contributed by atoms with van der Waals surface area (Å²) in [4.78, 5) is 26.2. The molecule has 0 saturated carbocycles. The molecule has 64 heavy (non-hydrogen) atoms. The predicted molar refractivity (Wildman–Crippen MR) is 278 cm³/mol. The maximum atomic E-state index is 13.2. The van der Waals surface area contributed by atoms with Gasteiger partial charge in [0, 0.05) is 6.42 Å². The van der Waals surface area contributed by atoms with Crippen LogP contribution >= 0.6 is 0 Å². The summed E-state index contributed by atoms with van der Waals surface area (Å²) >= 11 is 0. The van der Waals surface area contributed by atoms with Crippen molar-refractivity contribution in [3.05, 3.63) is 48.6 Å². The highest BCUT2D eigenvalue weighted by atomic mass is 16.5. The second-order valence-corrected chi connectivity index (χ2v) is 19.0. The molecule has 0 bridgehead atoms. The highest BCUT2D eigenvalue weighted by Gasteiger charge is 2.24. The van der Waals surface area contributed by atoms with Crippen molar-refractivity contribution in [3.63, 3.8) is 0 Å². The fourth-order valence-electron chi connectivity index (χ4n) is 8.49. The number of carbonyl (C=O) groups excluding carboxylic acids is 2. The highest BCUT2D eigenvalue weighted by molar-refractivity contribution is 5.77. The molecule has 0 rings (SSSR count). The molecule has 6 heteroatoms. The molecule has 3 unspecified atom stereocenters. The van der Waals surface area contributed by atoms with E-state index in [9.17, 15) is 19.8 Å². The van der Waals surface area contributed by atoms with Crippen molar-refractivity contribution in [2.75, 3.05) is 6.61 Å². The molecule has 0 spiro atoms. The van der Waals surface area contributed by atoms with Gasteiger partial charge in [0.2, 0.25) is 5.91 Å². The van der Waals surface area contributed by atoms with Crippen molar-refractivity contribution in [2.45, 2.75) is 302 Å². The van der Waals surface area contributed by atoms with E-state index in [0.29, 0.717) is 19.3 Å². The lowest BCUT2D eigenvalue weighted by Gasteiger charge is -2.24. The molecule has 0 radical (unpaired) electrons. The second kappa shape index (κ2) is 51.8. The zero-order valence-corrected chi connectivity index (χ0v) is 42.7. The number of rotatable bonds is 50. The summed E-state index contributed by atoms with van der Waals surface area (Å²) in [6.07, 6.45) is 63.2. The smallest absolute Gasteiger partial charge is 0.306 e. The molecule has 374 valence electrons. The molecule has 0 aliphatic carbocycles. The van der Waals surface area contributed by atoms with E-state index in [2.05, 4.69) is 74.7 Å². The van der Waals surface area contributed by atoms with Gasteiger partial charge in [0.15, 0.2) is 0 Å². The molecule has 1 amide bonds. The van der Waals surface area contributed by atoms with Crippen molar-refractivity contribution in [2.24, 2.45) is 0 Å². The van der Waals surface area contributed by atoms with Crippen LogP contribution in [0.4, 0.5) is 0 Å². The summed E-state index contributed by atoms with van der Waals surface area (Å²) in [5, 5.41) is 23.9. The van der Waals surface area contributed by atoms with Crippen LogP contribution in [0.25, 0.3) is 0 Å². The van der Waals surface area contributed by atoms with E-state index >= 15 is 0 Å². The Balaban J connectivity index is 4.54. The van der Waals surface area contributed by atoms with Crippen LogP contribution in [0.1, 0.15) is 284 Å². The number of hydrogen-bond acceptors (Lipinski definition) is 5. The Morgan fingerprint density at radius 2 is 0.859 bits per heavy atom. The van der Waals surface area contributed by atoms with E-state index < -0.39 is 18.2 Å². The Kier molecular flexibility index (Phi) is 50.0. The molecule has 0 heterocycles. The molecule has 0 aromatic carbocycles. The van der Waals surface area contributed by atoms with Gasteiger partial charge >= 0.3 is 5.97 Å². The van der Waals surface area contributed by atoms with Crippen LogP contribution in [-0.2, 0) is 14.3 Å². The minimum absolute atomic E-state index is 0.0646. The Hall–Kier alpha value is -2.18. The number of carbonyl (C=O) groups is 2. The molecule has 0 fully saturated rings. The highest BCUT2D eigenvalue weighted by Crippen LogP contribution is 2.18. The van der Waals surface area contributed by atoms with Crippen molar-refractivity contribution in [1.29, 1.82) is 0 Å². The number of aliphatic hydroxyl groups excluding tert-OH is 2. The maximum absolute atomic E-state index is 13.2. The van der Waals surface area contributed by atoms with E-state index in [1.165, 1.54) is 148 Å². The lowest BCUT2D eigenvalue weighted by Crippen LogP contribution is -2.46. The summed E-state index contributed by atoms with van der Waals surface area (Å²) < 4.78 is 5.94. The van der Waals surface area contributed by atoms with Crippen LogP contribution in [0, 0.1) is 0 Å². The number of amides is 1. The van der Waals surface area contributed by atoms with Gasteiger partial charge in [-0.1, -0.05) is 249 Å². The monoisotopic (exact) mass is 898 g/mol.